The Morgan fingerprint density at radius 2 is 2.24 bits per heavy atom. The molecule has 0 saturated heterocycles. The molecule has 5 rings (SSSR count). The Labute approximate surface area is 147 Å². The van der Waals surface area contributed by atoms with Gasteiger partial charge in [-0.2, -0.15) is 5.10 Å². The van der Waals surface area contributed by atoms with Crippen molar-refractivity contribution in [3.05, 3.63) is 53.6 Å². The van der Waals surface area contributed by atoms with Gasteiger partial charge in [0.15, 0.2) is 0 Å². The summed E-state index contributed by atoms with van der Waals surface area (Å²) < 4.78 is 2.08. The molecule has 1 N–H and O–H groups in total. The van der Waals surface area contributed by atoms with Crippen LogP contribution in [0, 0.1) is 0 Å². The number of fused-ring (bicyclic) bond motifs is 1. The summed E-state index contributed by atoms with van der Waals surface area (Å²) in [5.41, 5.74) is 6.59. The fraction of sp³-hybridized carbons (Fsp3) is 0.400. The zero-order valence-electron chi connectivity index (χ0n) is 14.6. The molecule has 0 atom stereocenters. The Bertz CT molecular complexity index is 944. The molecule has 25 heavy (non-hydrogen) atoms. The van der Waals surface area contributed by atoms with Crippen LogP contribution in [0.3, 0.4) is 0 Å². The highest BCUT2D eigenvalue weighted by Gasteiger charge is 2.30. The van der Waals surface area contributed by atoms with Crippen LogP contribution in [-0.2, 0) is 13.6 Å². The van der Waals surface area contributed by atoms with Gasteiger partial charge in [0.1, 0.15) is 5.65 Å². The molecule has 0 unspecified atom stereocenters. The molecular formula is C20H23N5. The van der Waals surface area contributed by atoms with E-state index >= 15 is 0 Å². The molecule has 0 amide bonds. The largest absolute Gasteiger partial charge is 0.346 e. The molecule has 4 heterocycles. The molecule has 1 fully saturated rings. The first-order valence-corrected chi connectivity index (χ1v) is 9.14. The summed E-state index contributed by atoms with van der Waals surface area (Å²) in [6, 6.07) is 4.16. The fourth-order valence-corrected chi connectivity index (χ4v) is 4.06. The lowest BCUT2D eigenvalue weighted by Crippen LogP contribution is -2.28. The second-order valence-electron chi connectivity index (χ2n) is 7.27. The molecule has 0 aromatic carbocycles. The van der Waals surface area contributed by atoms with Gasteiger partial charge in [-0.15, -0.1) is 0 Å². The zero-order chi connectivity index (χ0) is 16.8. The number of aromatic amines is 1. The number of hydrogen-bond donors (Lipinski definition) is 1. The molecule has 1 aliphatic carbocycles. The van der Waals surface area contributed by atoms with Crippen molar-refractivity contribution in [1.29, 1.82) is 0 Å². The molecule has 5 heteroatoms. The minimum absolute atomic E-state index is 0.747. The first-order valence-electron chi connectivity index (χ1n) is 9.14. The lowest BCUT2D eigenvalue weighted by molar-refractivity contribution is 0.293. The van der Waals surface area contributed by atoms with Crippen LogP contribution in [0.2, 0.25) is 0 Å². The van der Waals surface area contributed by atoms with Gasteiger partial charge in [0.05, 0.1) is 6.20 Å². The Morgan fingerprint density at radius 3 is 3.04 bits per heavy atom. The van der Waals surface area contributed by atoms with Gasteiger partial charge in [-0.3, -0.25) is 9.58 Å². The molecule has 1 aliphatic heterocycles. The number of aromatic nitrogens is 4. The lowest BCUT2D eigenvalue weighted by atomic mass is 9.99. The maximum atomic E-state index is 4.50. The van der Waals surface area contributed by atoms with E-state index < -0.39 is 0 Å². The Hall–Kier alpha value is -2.40. The van der Waals surface area contributed by atoms with Crippen molar-refractivity contribution in [1.82, 2.24) is 24.6 Å². The Kier molecular flexibility index (Phi) is 3.48. The maximum absolute atomic E-state index is 4.50. The van der Waals surface area contributed by atoms with Gasteiger partial charge in [0.2, 0.25) is 0 Å². The average Bonchev–Trinajstić information content (AvgIpc) is 3.28. The fourth-order valence-electron chi connectivity index (χ4n) is 4.06. The molecule has 0 bridgehead atoms. The van der Waals surface area contributed by atoms with Crippen LogP contribution in [0.5, 0.6) is 0 Å². The summed E-state index contributed by atoms with van der Waals surface area (Å²) in [6.45, 7) is 3.11. The van der Waals surface area contributed by atoms with Crippen molar-refractivity contribution in [2.45, 2.75) is 31.7 Å². The predicted octanol–water partition coefficient (Wildman–Crippen LogP) is 3.46. The van der Waals surface area contributed by atoms with Gasteiger partial charge in [0.25, 0.3) is 0 Å². The van der Waals surface area contributed by atoms with Gasteiger partial charge in [-0.25, -0.2) is 4.98 Å². The summed E-state index contributed by atoms with van der Waals surface area (Å²) in [5.74, 6) is 0.747. The van der Waals surface area contributed by atoms with Crippen LogP contribution in [0.25, 0.3) is 16.6 Å². The number of hydrogen-bond acceptors (Lipinski definition) is 3. The molecular weight excluding hydrogens is 310 g/mol. The van der Waals surface area contributed by atoms with E-state index in [9.17, 15) is 0 Å². The van der Waals surface area contributed by atoms with Gasteiger partial charge in [-0.1, -0.05) is 6.08 Å². The van der Waals surface area contributed by atoms with Crippen molar-refractivity contribution in [2.75, 3.05) is 13.1 Å². The molecule has 1 saturated carbocycles. The quantitative estimate of drug-likeness (QED) is 0.795. The van der Waals surface area contributed by atoms with E-state index in [1.165, 1.54) is 40.6 Å². The number of aryl methyl sites for hydroxylation is 1. The normalized spacial score (nSPS) is 18.7. The monoisotopic (exact) mass is 333 g/mol. The van der Waals surface area contributed by atoms with E-state index in [1.807, 2.05) is 12.3 Å². The second kappa shape index (κ2) is 5.85. The van der Waals surface area contributed by atoms with Crippen molar-refractivity contribution in [3.63, 3.8) is 0 Å². The van der Waals surface area contributed by atoms with Crippen LogP contribution in [0.15, 0.2) is 36.8 Å². The van der Waals surface area contributed by atoms with Crippen molar-refractivity contribution in [2.24, 2.45) is 7.05 Å². The number of H-pyrrole nitrogens is 1. The number of nitrogens with zero attached hydrogens (tertiary/aromatic N) is 4. The SMILES string of the molecule is Cn1ncc(CN2CC=C(c3c[nH]c4ncccc34)CC2)c1C1CC1. The van der Waals surface area contributed by atoms with E-state index in [1.54, 1.807) is 0 Å². The van der Waals surface area contributed by atoms with E-state index in [4.69, 9.17) is 0 Å². The molecule has 128 valence electrons. The summed E-state index contributed by atoms with van der Waals surface area (Å²) in [5, 5.41) is 5.72. The highest BCUT2D eigenvalue weighted by molar-refractivity contribution is 5.90. The smallest absolute Gasteiger partial charge is 0.137 e. The predicted molar refractivity (Wildman–Crippen MR) is 99.1 cm³/mol. The van der Waals surface area contributed by atoms with Crippen molar-refractivity contribution in [3.8, 4) is 0 Å². The molecule has 5 nitrogen and oxygen atoms in total. The summed E-state index contributed by atoms with van der Waals surface area (Å²) >= 11 is 0. The number of nitrogens with one attached hydrogen (secondary N) is 1. The van der Waals surface area contributed by atoms with Crippen LogP contribution in [0.1, 0.15) is 42.0 Å². The third-order valence-electron chi connectivity index (χ3n) is 5.51. The minimum Gasteiger partial charge on any atom is -0.346 e. The Balaban J connectivity index is 1.34. The number of pyridine rings is 1. The van der Waals surface area contributed by atoms with Crippen LogP contribution < -0.4 is 0 Å². The topological polar surface area (TPSA) is 49.7 Å². The zero-order valence-corrected chi connectivity index (χ0v) is 14.6. The highest BCUT2D eigenvalue weighted by Crippen LogP contribution is 2.41. The molecule has 0 radical (unpaired) electrons. The van der Waals surface area contributed by atoms with Gasteiger partial charge in [0, 0.05) is 67.2 Å². The van der Waals surface area contributed by atoms with E-state index in [-0.39, 0.29) is 0 Å². The summed E-state index contributed by atoms with van der Waals surface area (Å²) in [4.78, 5) is 10.2. The standard InChI is InChI=1S/C20H23N5/c1-24-19(15-4-5-15)16(11-23-24)13-25-9-6-14(7-10-25)18-12-22-20-17(18)3-2-8-21-20/h2-3,6,8,11-12,15H,4-5,7,9-10,13H2,1H3,(H,21,22). The first kappa shape index (κ1) is 14.9. The lowest BCUT2D eigenvalue weighted by Gasteiger charge is -2.26. The second-order valence-corrected chi connectivity index (χ2v) is 7.27. The molecule has 0 spiro atoms. The first-order chi connectivity index (χ1) is 12.3. The third kappa shape index (κ3) is 2.68. The maximum Gasteiger partial charge on any atom is 0.137 e. The van der Waals surface area contributed by atoms with E-state index in [0.717, 1.165) is 37.6 Å². The van der Waals surface area contributed by atoms with Gasteiger partial charge >= 0.3 is 0 Å². The molecule has 3 aromatic rings. The average molecular weight is 333 g/mol. The highest BCUT2D eigenvalue weighted by atomic mass is 15.3. The minimum atomic E-state index is 0.747. The van der Waals surface area contributed by atoms with E-state index in [2.05, 4.69) is 56.2 Å². The van der Waals surface area contributed by atoms with Gasteiger partial charge < -0.3 is 4.98 Å². The van der Waals surface area contributed by atoms with Crippen LogP contribution in [-0.4, -0.2) is 37.7 Å². The van der Waals surface area contributed by atoms with Crippen molar-refractivity contribution < 1.29 is 0 Å². The van der Waals surface area contributed by atoms with Gasteiger partial charge in [-0.05, 0) is 37.0 Å². The van der Waals surface area contributed by atoms with Crippen LogP contribution >= 0.6 is 0 Å². The van der Waals surface area contributed by atoms with E-state index in [0.29, 0.717) is 0 Å². The Morgan fingerprint density at radius 1 is 1.32 bits per heavy atom. The number of rotatable bonds is 4. The summed E-state index contributed by atoms with van der Waals surface area (Å²) in [6.07, 6.45) is 12.1. The molecule has 3 aromatic heterocycles. The summed E-state index contributed by atoms with van der Waals surface area (Å²) in [7, 11) is 2.08. The van der Waals surface area contributed by atoms with Crippen LogP contribution in [0.4, 0.5) is 0 Å². The third-order valence-corrected chi connectivity index (χ3v) is 5.51. The van der Waals surface area contributed by atoms with Crippen molar-refractivity contribution >= 4 is 16.6 Å². The molecule has 2 aliphatic rings.